The van der Waals surface area contributed by atoms with Gasteiger partial charge >= 0.3 is 171 Å². The normalized spacial score (nSPS) is 13.1. The number of benzene rings is 3. The first-order chi connectivity index (χ1) is 12.7. The van der Waals surface area contributed by atoms with Gasteiger partial charge in [-0.1, -0.05) is 0 Å². The molecule has 0 fully saturated rings. The average molecular weight is 476 g/mol. The van der Waals surface area contributed by atoms with Crippen molar-refractivity contribution < 1.29 is 4.74 Å². The van der Waals surface area contributed by atoms with E-state index >= 15 is 0 Å². The van der Waals surface area contributed by atoms with E-state index in [0.29, 0.717) is 0 Å². The van der Waals surface area contributed by atoms with E-state index in [0.717, 1.165) is 25.6 Å². The molecular formula is C23H26IOP. The van der Waals surface area contributed by atoms with Gasteiger partial charge in [0.25, 0.3) is 0 Å². The molecule has 0 aromatic heterocycles. The summed E-state index contributed by atoms with van der Waals surface area (Å²) in [5, 5.41) is 4.36. The quantitative estimate of drug-likeness (QED) is 0.244. The van der Waals surface area contributed by atoms with Crippen molar-refractivity contribution >= 4 is 42.2 Å². The van der Waals surface area contributed by atoms with E-state index in [-0.39, 0.29) is 0 Å². The fourth-order valence-corrected chi connectivity index (χ4v) is 12.5. The van der Waals surface area contributed by atoms with E-state index in [9.17, 15) is 0 Å². The van der Waals surface area contributed by atoms with Crippen LogP contribution in [0.1, 0.15) is 12.8 Å². The summed E-state index contributed by atoms with van der Waals surface area (Å²) in [4.78, 5) is 0. The van der Waals surface area contributed by atoms with E-state index in [1.54, 1.807) is 7.11 Å². The molecule has 0 spiro atoms. The third-order valence-corrected chi connectivity index (χ3v) is 16.8. The zero-order valence-electron chi connectivity index (χ0n) is 15.2. The Morgan fingerprint density at radius 3 is 1.38 bits per heavy atom. The van der Waals surface area contributed by atoms with Crippen molar-refractivity contribution in [2.45, 2.75) is 12.8 Å². The molecule has 1 nitrogen and oxygen atoms in total. The Morgan fingerprint density at radius 1 is 0.654 bits per heavy atom. The molecular weight excluding hydrogens is 450 g/mol. The van der Waals surface area contributed by atoms with E-state index in [1.807, 2.05) is 0 Å². The first-order valence-electron chi connectivity index (χ1n) is 9.09. The maximum absolute atomic E-state index is 5.32. The Morgan fingerprint density at radius 2 is 1.04 bits per heavy atom. The predicted octanol–water partition coefficient (Wildman–Crippen LogP) is 5.29. The third kappa shape index (κ3) is 3.60. The van der Waals surface area contributed by atoms with Crippen LogP contribution in [-0.4, -0.2) is 19.9 Å². The fraction of sp³-hybridized carbons (Fsp3) is 0.217. The second kappa shape index (κ2) is 8.65. The molecule has 3 rings (SSSR count). The molecule has 0 radical (unpaired) electrons. The molecule has 0 heterocycles. The maximum atomic E-state index is 5.32. The molecule has 3 aromatic carbocycles. The summed E-state index contributed by atoms with van der Waals surface area (Å²) in [6.07, 6.45) is 3.38. The van der Waals surface area contributed by atoms with Gasteiger partial charge in [0.15, 0.2) is 0 Å². The molecule has 0 N–H and O–H groups in total. The number of ether oxygens (including phenoxy) is 1. The van der Waals surface area contributed by atoms with Crippen molar-refractivity contribution in [3.05, 3.63) is 91.0 Å². The summed E-state index contributed by atoms with van der Waals surface area (Å²) in [7, 11) is 1.79. The van der Waals surface area contributed by atoms with Gasteiger partial charge in [-0.3, -0.25) is 0 Å². The first kappa shape index (κ1) is 19.5. The summed E-state index contributed by atoms with van der Waals surface area (Å²) >= 11 is 2.85. The van der Waals surface area contributed by atoms with Crippen LogP contribution in [0.3, 0.4) is 0 Å². The summed E-state index contributed by atoms with van der Waals surface area (Å²) in [6.45, 7) is 0.821. The van der Waals surface area contributed by atoms with Crippen LogP contribution in [0.2, 0.25) is 0 Å². The molecule has 3 heteroatoms. The monoisotopic (exact) mass is 476 g/mol. The topological polar surface area (TPSA) is 9.23 Å². The fourth-order valence-electron chi connectivity index (χ4n) is 3.71. The standard InChI is InChI=1S/C23H26IOP/c1-25-19-11-12-20-26(24,21-13-5-2-6-14-21,22-15-7-3-8-16-22)23-17-9-4-10-18-23/h2-10,13-18H,11-12,19-20H2,1H3. The predicted molar refractivity (Wildman–Crippen MR) is 125 cm³/mol. The molecule has 0 saturated carbocycles. The zero-order chi connectivity index (χ0) is 18.3. The van der Waals surface area contributed by atoms with Crippen molar-refractivity contribution in [2.75, 3.05) is 19.9 Å². The van der Waals surface area contributed by atoms with E-state index in [4.69, 9.17) is 4.74 Å². The van der Waals surface area contributed by atoms with Crippen molar-refractivity contribution in [3.8, 4) is 0 Å². The van der Waals surface area contributed by atoms with Crippen molar-refractivity contribution in [1.82, 2.24) is 0 Å². The second-order valence-corrected chi connectivity index (χ2v) is 17.4. The minimum atomic E-state index is -2.57. The van der Waals surface area contributed by atoms with E-state index in [2.05, 4.69) is 113 Å². The Hall–Kier alpha value is -1.22. The van der Waals surface area contributed by atoms with E-state index < -0.39 is 4.25 Å². The summed E-state index contributed by atoms with van der Waals surface area (Å²) in [5.74, 6) is 0. The van der Waals surface area contributed by atoms with Crippen LogP contribution in [0.5, 0.6) is 0 Å². The van der Waals surface area contributed by atoms with Gasteiger partial charge < -0.3 is 0 Å². The molecule has 136 valence electrons. The van der Waals surface area contributed by atoms with Crippen molar-refractivity contribution in [1.29, 1.82) is 0 Å². The van der Waals surface area contributed by atoms with Gasteiger partial charge in [0.2, 0.25) is 0 Å². The Balaban J connectivity index is 2.24. The van der Waals surface area contributed by atoms with Gasteiger partial charge in [0, 0.05) is 0 Å². The zero-order valence-corrected chi connectivity index (χ0v) is 18.3. The SMILES string of the molecule is COCCCCP(I)(c1ccccc1)(c1ccccc1)c1ccccc1. The third-order valence-electron chi connectivity index (χ3n) is 5.06. The number of unbranched alkanes of at least 4 members (excludes halogenated alkanes) is 1. The molecule has 0 saturated heterocycles. The molecule has 0 atom stereocenters. The Kier molecular flexibility index (Phi) is 6.50. The van der Waals surface area contributed by atoms with Gasteiger partial charge in [-0.25, -0.2) is 0 Å². The summed E-state index contributed by atoms with van der Waals surface area (Å²) < 4.78 is 2.75. The molecule has 3 aromatic rings. The Bertz CT molecular complexity index is 706. The second-order valence-electron chi connectivity index (χ2n) is 6.61. The molecule has 0 aliphatic carbocycles. The molecule has 0 bridgehead atoms. The van der Waals surface area contributed by atoms with Crippen molar-refractivity contribution in [2.24, 2.45) is 0 Å². The van der Waals surface area contributed by atoms with Crippen LogP contribution in [-0.2, 0) is 4.74 Å². The molecule has 26 heavy (non-hydrogen) atoms. The number of hydrogen-bond donors (Lipinski definition) is 0. The summed E-state index contributed by atoms with van der Waals surface area (Å²) in [6, 6.07) is 33.3. The van der Waals surface area contributed by atoms with Gasteiger partial charge in [0.05, 0.1) is 0 Å². The molecule has 0 amide bonds. The average Bonchev–Trinajstić information content (AvgIpc) is 2.73. The van der Waals surface area contributed by atoms with Crippen LogP contribution in [0, 0.1) is 0 Å². The van der Waals surface area contributed by atoms with Gasteiger partial charge in [-0.2, -0.15) is 0 Å². The minimum absolute atomic E-state index is 0.821. The summed E-state index contributed by atoms with van der Waals surface area (Å²) in [5.41, 5.74) is 0. The van der Waals surface area contributed by atoms with Crippen molar-refractivity contribution in [3.63, 3.8) is 0 Å². The number of halogens is 1. The Labute approximate surface area is 170 Å². The number of hydrogen-bond acceptors (Lipinski definition) is 1. The molecule has 0 unspecified atom stereocenters. The van der Waals surface area contributed by atoms with Gasteiger partial charge in [-0.15, -0.1) is 0 Å². The molecule has 0 aliphatic heterocycles. The van der Waals surface area contributed by atoms with Crippen LogP contribution in [0.4, 0.5) is 0 Å². The van der Waals surface area contributed by atoms with Crippen LogP contribution >= 0.6 is 26.3 Å². The van der Waals surface area contributed by atoms with Gasteiger partial charge in [-0.05, 0) is 0 Å². The van der Waals surface area contributed by atoms with E-state index in [1.165, 1.54) is 15.9 Å². The van der Waals surface area contributed by atoms with Crippen LogP contribution < -0.4 is 15.9 Å². The van der Waals surface area contributed by atoms with Crippen LogP contribution in [0.15, 0.2) is 91.0 Å². The first-order valence-corrected chi connectivity index (χ1v) is 14.3. The molecule has 0 aliphatic rings. The van der Waals surface area contributed by atoms with Crippen LogP contribution in [0.25, 0.3) is 0 Å². The van der Waals surface area contributed by atoms with Gasteiger partial charge in [0.1, 0.15) is 0 Å². The number of methoxy groups -OCH3 is 1. The number of rotatable bonds is 8.